The Morgan fingerprint density at radius 2 is 2.12 bits per heavy atom. The summed E-state index contributed by atoms with van der Waals surface area (Å²) in [6.45, 7) is 13.2. The molecule has 1 aliphatic rings. The Labute approximate surface area is 97.3 Å². The van der Waals surface area contributed by atoms with Gasteiger partial charge in [0.2, 0.25) is 0 Å². The largest absolute Gasteiger partial charge is 0.492 e. The predicted molar refractivity (Wildman–Crippen MR) is 68.3 cm³/mol. The van der Waals surface area contributed by atoms with Crippen molar-refractivity contribution in [2.24, 2.45) is 0 Å². The Kier molecular flexibility index (Phi) is 2.66. The molecule has 1 unspecified atom stereocenters. The van der Waals surface area contributed by atoms with Crippen LogP contribution in [-0.4, -0.2) is 6.61 Å². The SMILES string of the molecule is C=C1Nc2c(OCC)cc(C)c(C)c2C1C. The van der Waals surface area contributed by atoms with Crippen molar-refractivity contribution in [1.29, 1.82) is 0 Å². The van der Waals surface area contributed by atoms with Crippen LogP contribution in [0.4, 0.5) is 5.69 Å². The number of hydrogen-bond donors (Lipinski definition) is 1. The number of rotatable bonds is 2. The Morgan fingerprint density at radius 1 is 1.44 bits per heavy atom. The van der Waals surface area contributed by atoms with Gasteiger partial charge < -0.3 is 10.1 Å². The number of allylic oxidation sites excluding steroid dienone is 1. The molecular weight excluding hydrogens is 198 g/mol. The Balaban J connectivity index is 2.62. The fourth-order valence-electron chi connectivity index (χ4n) is 2.29. The van der Waals surface area contributed by atoms with Gasteiger partial charge in [-0.05, 0) is 43.5 Å². The minimum Gasteiger partial charge on any atom is -0.492 e. The highest BCUT2D eigenvalue weighted by molar-refractivity contribution is 5.75. The maximum Gasteiger partial charge on any atom is 0.143 e. The van der Waals surface area contributed by atoms with Gasteiger partial charge in [0, 0.05) is 11.6 Å². The third kappa shape index (κ3) is 1.49. The third-order valence-corrected chi connectivity index (χ3v) is 3.40. The summed E-state index contributed by atoms with van der Waals surface area (Å²) in [7, 11) is 0. The average molecular weight is 217 g/mol. The van der Waals surface area contributed by atoms with E-state index in [0.717, 1.165) is 17.1 Å². The second-order valence-electron chi connectivity index (χ2n) is 4.41. The molecule has 0 aromatic heterocycles. The molecule has 2 heteroatoms. The van der Waals surface area contributed by atoms with Crippen molar-refractivity contribution in [3.05, 3.63) is 35.0 Å². The van der Waals surface area contributed by atoms with Crippen molar-refractivity contribution in [1.82, 2.24) is 0 Å². The van der Waals surface area contributed by atoms with Gasteiger partial charge in [-0.3, -0.25) is 0 Å². The molecule has 2 rings (SSSR count). The summed E-state index contributed by atoms with van der Waals surface area (Å²) in [6, 6.07) is 2.11. The summed E-state index contributed by atoms with van der Waals surface area (Å²) in [6.07, 6.45) is 0. The van der Waals surface area contributed by atoms with E-state index in [0.29, 0.717) is 12.5 Å². The second kappa shape index (κ2) is 3.85. The minimum absolute atomic E-state index is 0.370. The Hall–Kier alpha value is -1.44. The number of nitrogens with one attached hydrogen (secondary N) is 1. The number of aryl methyl sites for hydroxylation is 1. The summed E-state index contributed by atoms with van der Waals surface area (Å²) < 4.78 is 5.68. The van der Waals surface area contributed by atoms with Crippen LogP contribution in [0.3, 0.4) is 0 Å². The van der Waals surface area contributed by atoms with E-state index >= 15 is 0 Å². The van der Waals surface area contributed by atoms with Crippen LogP contribution in [0.15, 0.2) is 18.3 Å². The fraction of sp³-hybridized carbons (Fsp3) is 0.429. The van der Waals surface area contributed by atoms with Gasteiger partial charge in [0.15, 0.2) is 0 Å². The molecule has 2 nitrogen and oxygen atoms in total. The van der Waals surface area contributed by atoms with Crippen LogP contribution in [0, 0.1) is 13.8 Å². The first-order valence-corrected chi connectivity index (χ1v) is 5.79. The fourth-order valence-corrected chi connectivity index (χ4v) is 2.29. The molecule has 1 aromatic carbocycles. The zero-order chi connectivity index (χ0) is 11.9. The van der Waals surface area contributed by atoms with E-state index in [4.69, 9.17) is 4.74 Å². The van der Waals surface area contributed by atoms with Crippen molar-refractivity contribution in [2.45, 2.75) is 33.6 Å². The van der Waals surface area contributed by atoms with Crippen LogP contribution < -0.4 is 10.1 Å². The molecule has 1 aromatic rings. The molecule has 0 amide bonds. The maximum absolute atomic E-state index is 5.68. The molecule has 0 bridgehead atoms. The van der Waals surface area contributed by atoms with Gasteiger partial charge in [-0.1, -0.05) is 13.5 Å². The average Bonchev–Trinajstić information content (AvgIpc) is 2.53. The summed E-state index contributed by atoms with van der Waals surface area (Å²) in [5.74, 6) is 1.32. The molecule has 1 atom stereocenters. The molecule has 0 saturated carbocycles. The van der Waals surface area contributed by atoms with Crippen LogP contribution in [0.5, 0.6) is 5.75 Å². The van der Waals surface area contributed by atoms with E-state index in [2.05, 4.69) is 38.7 Å². The highest BCUT2D eigenvalue weighted by Crippen LogP contribution is 2.45. The first kappa shape index (κ1) is 11.1. The van der Waals surface area contributed by atoms with E-state index in [1.54, 1.807) is 0 Å². The van der Waals surface area contributed by atoms with Crippen molar-refractivity contribution in [3.63, 3.8) is 0 Å². The first-order chi connectivity index (χ1) is 7.56. The summed E-state index contributed by atoms with van der Waals surface area (Å²) in [4.78, 5) is 0. The molecule has 86 valence electrons. The molecule has 1 aliphatic heterocycles. The normalized spacial score (nSPS) is 18.2. The third-order valence-electron chi connectivity index (χ3n) is 3.40. The molecule has 1 N–H and O–H groups in total. The van der Waals surface area contributed by atoms with E-state index in [9.17, 15) is 0 Å². The number of benzene rings is 1. The molecule has 0 fully saturated rings. The standard InChI is InChI=1S/C14H19NO/c1-6-16-12-7-8(2)9(3)13-10(4)11(5)15-14(12)13/h7,10,15H,5-6H2,1-4H3. The van der Waals surface area contributed by atoms with Crippen molar-refractivity contribution >= 4 is 5.69 Å². The van der Waals surface area contributed by atoms with Crippen LogP contribution >= 0.6 is 0 Å². The van der Waals surface area contributed by atoms with Gasteiger partial charge in [0.25, 0.3) is 0 Å². The number of anilines is 1. The summed E-state index contributed by atoms with van der Waals surface area (Å²) in [5.41, 5.74) is 6.14. The predicted octanol–water partition coefficient (Wildman–Crippen LogP) is 3.74. The smallest absolute Gasteiger partial charge is 0.143 e. The van der Waals surface area contributed by atoms with E-state index in [-0.39, 0.29) is 0 Å². The molecule has 0 radical (unpaired) electrons. The van der Waals surface area contributed by atoms with Gasteiger partial charge in [-0.15, -0.1) is 0 Å². The monoisotopic (exact) mass is 217 g/mol. The zero-order valence-electron chi connectivity index (χ0n) is 10.5. The maximum atomic E-state index is 5.68. The van der Waals surface area contributed by atoms with Gasteiger partial charge in [-0.2, -0.15) is 0 Å². The lowest BCUT2D eigenvalue weighted by Crippen LogP contribution is -1.98. The lowest BCUT2D eigenvalue weighted by molar-refractivity contribution is 0.341. The van der Waals surface area contributed by atoms with Gasteiger partial charge in [0.1, 0.15) is 5.75 Å². The second-order valence-corrected chi connectivity index (χ2v) is 4.41. The van der Waals surface area contributed by atoms with Crippen molar-refractivity contribution < 1.29 is 4.74 Å². The lowest BCUT2D eigenvalue weighted by Gasteiger charge is -2.14. The first-order valence-electron chi connectivity index (χ1n) is 5.79. The number of hydrogen-bond acceptors (Lipinski definition) is 2. The number of fused-ring (bicyclic) bond motifs is 1. The van der Waals surface area contributed by atoms with Gasteiger partial charge in [-0.25, -0.2) is 0 Å². The molecule has 0 saturated heterocycles. The quantitative estimate of drug-likeness (QED) is 0.814. The van der Waals surface area contributed by atoms with Crippen molar-refractivity contribution in [3.8, 4) is 5.75 Å². The molecule has 0 aliphatic carbocycles. The zero-order valence-corrected chi connectivity index (χ0v) is 10.5. The summed E-state index contributed by atoms with van der Waals surface area (Å²) >= 11 is 0. The van der Waals surface area contributed by atoms with E-state index in [1.165, 1.54) is 16.7 Å². The number of ether oxygens (including phenoxy) is 1. The van der Waals surface area contributed by atoms with Crippen LogP contribution in [0.2, 0.25) is 0 Å². The molecule has 0 spiro atoms. The van der Waals surface area contributed by atoms with Crippen LogP contribution in [-0.2, 0) is 0 Å². The van der Waals surface area contributed by atoms with Crippen LogP contribution in [0.25, 0.3) is 0 Å². The van der Waals surface area contributed by atoms with Crippen molar-refractivity contribution in [2.75, 3.05) is 11.9 Å². The van der Waals surface area contributed by atoms with Gasteiger partial charge in [0.05, 0.1) is 12.3 Å². The van der Waals surface area contributed by atoms with E-state index in [1.807, 2.05) is 6.92 Å². The lowest BCUT2D eigenvalue weighted by atomic mass is 9.93. The molecule has 16 heavy (non-hydrogen) atoms. The topological polar surface area (TPSA) is 21.3 Å². The Morgan fingerprint density at radius 3 is 2.75 bits per heavy atom. The highest BCUT2D eigenvalue weighted by atomic mass is 16.5. The van der Waals surface area contributed by atoms with Gasteiger partial charge >= 0.3 is 0 Å². The molecular formula is C14H19NO. The van der Waals surface area contributed by atoms with E-state index < -0.39 is 0 Å². The summed E-state index contributed by atoms with van der Waals surface area (Å²) in [5, 5.41) is 3.35. The molecule has 1 heterocycles. The van der Waals surface area contributed by atoms with Crippen LogP contribution in [0.1, 0.15) is 36.5 Å². The highest BCUT2D eigenvalue weighted by Gasteiger charge is 2.27. The minimum atomic E-state index is 0.370. The Bertz CT molecular complexity index is 449.